The Hall–Kier alpha value is -0.860. The summed E-state index contributed by atoms with van der Waals surface area (Å²) in [5.41, 5.74) is 1.57. The molecule has 0 aliphatic heterocycles. The third kappa shape index (κ3) is 2.88. The van der Waals surface area contributed by atoms with Crippen LogP contribution in [0.2, 0.25) is 0 Å². The molecule has 0 saturated carbocycles. The maximum absolute atomic E-state index is 9.16. The van der Waals surface area contributed by atoms with Crippen LogP contribution in [0.15, 0.2) is 4.47 Å². The molecule has 4 nitrogen and oxygen atoms in total. The van der Waals surface area contributed by atoms with Crippen LogP contribution in [0.25, 0.3) is 0 Å². The fourth-order valence-electron chi connectivity index (χ4n) is 1.95. The smallest absolute Gasteiger partial charge is 0.105 e. The van der Waals surface area contributed by atoms with Gasteiger partial charge in [-0.15, -0.1) is 0 Å². The summed E-state index contributed by atoms with van der Waals surface area (Å²) in [4.78, 5) is 0. The quantitative estimate of drug-likeness (QED) is 0.930. The molecule has 2 unspecified atom stereocenters. The molecule has 17 heavy (non-hydrogen) atoms. The van der Waals surface area contributed by atoms with E-state index in [1.165, 1.54) is 0 Å². The second-order valence-electron chi connectivity index (χ2n) is 4.68. The van der Waals surface area contributed by atoms with Crippen molar-refractivity contribution in [1.29, 1.82) is 5.26 Å². The van der Waals surface area contributed by atoms with E-state index in [1.54, 1.807) is 0 Å². The second-order valence-corrected chi connectivity index (χ2v) is 5.47. The predicted octanol–water partition coefficient (Wildman–Crippen LogP) is 2.72. The van der Waals surface area contributed by atoms with Crippen molar-refractivity contribution in [3.8, 4) is 6.07 Å². The van der Waals surface area contributed by atoms with Crippen molar-refractivity contribution in [3.05, 3.63) is 15.9 Å². The number of aromatic nitrogens is 2. The summed E-state index contributed by atoms with van der Waals surface area (Å²) in [6, 6.07) is 2.48. The summed E-state index contributed by atoms with van der Waals surface area (Å²) in [5.74, 6) is 0. The van der Waals surface area contributed by atoms with Gasteiger partial charge in [0.1, 0.15) is 5.54 Å². The van der Waals surface area contributed by atoms with Gasteiger partial charge >= 0.3 is 0 Å². The zero-order chi connectivity index (χ0) is 13.2. The number of halogens is 1. The van der Waals surface area contributed by atoms with Crippen molar-refractivity contribution in [2.24, 2.45) is 0 Å². The molecule has 0 aliphatic carbocycles. The van der Waals surface area contributed by atoms with E-state index in [0.717, 1.165) is 15.9 Å². The summed E-state index contributed by atoms with van der Waals surface area (Å²) < 4.78 is 3.03. The van der Waals surface area contributed by atoms with Crippen LogP contribution in [0.4, 0.5) is 0 Å². The van der Waals surface area contributed by atoms with Gasteiger partial charge < -0.3 is 5.32 Å². The van der Waals surface area contributed by atoms with Crippen molar-refractivity contribution >= 4 is 15.9 Å². The molecule has 1 rings (SSSR count). The van der Waals surface area contributed by atoms with Crippen LogP contribution in [0.5, 0.6) is 0 Å². The van der Waals surface area contributed by atoms with Crippen molar-refractivity contribution in [3.63, 3.8) is 0 Å². The minimum absolute atomic E-state index is 0.178. The highest BCUT2D eigenvalue weighted by atomic mass is 79.9. The van der Waals surface area contributed by atoms with Crippen molar-refractivity contribution in [2.75, 3.05) is 7.05 Å². The van der Waals surface area contributed by atoms with E-state index in [4.69, 9.17) is 5.26 Å². The molecule has 0 aromatic carbocycles. The lowest BCUT2D eigenvalue weighted by Crippen LogP contribution is -2.40. The Morgan fingerprint density at radius 3 is 2.53 bits per heavy atom. The maximum atomic E-state index is 9.16. The first-order chi connectivity index (χ1) is 7.84. The van der Waals surface area contributed by atoms with E-state index < -0.39 is 5.54 Å². The monoisotopic (exact) mass is 298 g/mol. The topological polar surface area (TPSA) is 53.6 Å². The van der Waals surface area contributed by atoms with Crippen LogP contribution in [0.1, 0.15) is 37.7 Å². The Morgan fingerprint density at radius 2 is 2.18 bits per heavy atom. The molecule has 0 spiro atoms. The summed E-state index contributed by atoms with van der Waals surface area (Å²) in [7, 11) is 1.81. The van der Waals surface area contributed by atoms with Crippen molar-refractivity contribution in [2.45, 2.75) is 45.7 Å². The molecule has 1 aromatic heterocycles. The molecule has 2 atom stereocenters. The highest BCUT2D eigenvalue weighted by molar-refractivity contribution is 9.10. The van der Waals surface area contributed by atoms with Gasteiger partial charge in [0.15, 0.2) is 0 Å². The average molecular weight is 299 g/mol. The molecular formula is C12H19BrN4. The average Bonchev–Trinajstić information content (AvgIpc) is 2.57. The van der Waals surface area contributed by atoms with Gasteiger partial charge in [0.25, 0.3) is 0 Å². The minimum Gasteiger partial charge on any atom is -0.303 e. The Kier molecular flexibility index (Phi) is 4.34. The van der Waals surface area contributed by atoms with E-state index in [2.05, 4.69) is 39.3 Å². The summed E-state index contributed by atoms with van der Waals surface area (Å²) >= 11 is 3.52. The Bertz CT molecular complexity index is 446. The lowest BCUT2D eigenvalue weighted by Gasteiger charge is -2.25. The standard InChI is InChI=1S/C12H19BrN4/c1-8(6-12(4,7-14)15-5)17-10(3)11(13)9(2)16-17/h8,15H,6H2,1-5H3. The van der Waals surface area contributed by atoms with Crippen molar-refractivity contribution in [1.82, 2.24) is 15.1 Å². The third-order valence-corrected chi connectivity index (χ3v) is 4.30. The number of hydrogen-bond acceptors (Lipinski definition) is 3. The van der Waals surface area contributed by atoms with Crippen LogP contribution < -0.4 is 5.32 Å². The van der Waals surface area contributed by atoms with Gasteiger partial charge in [0.05, 0.1) is 28.0 Å². The van der Waals surface area contributed by atoms with Crippen LogP contribution in [0, 0.1) is 25.2 Å². The molecule has 0 radical (unpaired) electrons. The molecule has 5 heteroatoms. The molecule has 0 bridgehead atoms. The number of nitriles is 1. The third-order valence-electron chi connectivity index (χ3n) is 3.16. The van der Waals surface area contributed by atoms with E-state index in [9.17, 15) is 0 Å². The van der Waals surface area contributed by atoms with Crippen LogP contribution in [-0.2, 0) is 0 Å². The van der Waals surface area contributed by atoms with E-state index >= 15 is 0 Å². The lowest BCUT2D eigenvalue weighted by atomic mass is 9.95. The van der Waals surface area contributed by atoms with Gasteiger partial charge in [-0.1, -0.05) is 0 Å². The Balaban J connectivity index is 2.95. The molecule has 0 saturated heterocycles. The summed E-state index contributed by atoms with van der Waals surface area (Å²) in [5, 5.41) is 16.7. The number of aryl methyl sites for hydroxylation is 1. The van der Waals surface area contributed by atoms with Gasteiger partial charge in [0.2, 0.25) is 0 Å². The number of rotatable bonds is 4. The molecule has 1 N–H and O–H groups in total. The Morgan fingerprint density at radius 1 is 1.59 bits per heavy atom. The molecule has 0 amide bonds. The number of hydrogen-bond donors (Lipinski definition) is 1. The zero-order valence-electron chi connectivity index (χ0n) is 11.0. The van der Waals surface area contributed by atoms with Gasteiger partial charge in [0, 0.05) is 6.42 Å². The van der Waals surface area contributed by atoms with Crippen molar-refractivity contribution < 1.29 is 0 Å². The summed E-state index contributed by atoms with van der Waals surface area (Å²) in [6.07, 6.45) is 0.717. The van der Waals surface area contributed by atoms with E-state index in [-0.39, 0.29) is 6.04 Å². The van der Waals surface area contributed by atoms with Crippen LogP contribution >= 0.6 is 15.9 Å². The van der Waals surface area contributed by atoms with Gasteiger partial charge in [-0.3, -0.25) is 4.68 Å². The van der Waals surface area contributed by atoms with Gasteiger partial charge in [-0.05, 0) is 50.7 Å². The minimum atomic E-state index is -0.516. The summed E-state index contributed by atoms with van der Waals surface area (Å²) in [6.45, 7) is 7.99. The highest BCUT2D eigenvalue weighted by Crippen LogP contribution is 2.26. The van der Waals surface area contributed by atoms with Gasteiger partial charge in [-0.25, -0.2) is 0 Å². The molecule has 1 aromatic rings. The van der Waals surface area contributed by atoms with Crippen LogP contribution in [-0.4, -0.2) is 22.4 Å². The molecule has 0 fully saturated rings. The molecule has 94 valence electrons. The SMILES string of the molecule is CNC(C)(C#N)CC(C)n1nc(C)c(Br)c1C. The fraction of sp³-hybridized carbons (Fsp3) is 0.667. The largest absolute Gasteiger partial charge is 0.303 e. The fourth-order valence-corrected chi connectivity index (χ4v) is 2.21. The lowest BCUT2D eigenvalue weighted by molar-refractivity contribution is 0.344. The maximum Gasteiger partial charge on any atom is 0.105 e. The number of nitrogens with zero attached hydrogens (tertiary/aromatic N) is 3. The first-order valence-electron chi connectivity index (χ1n) is 5.66. The first-order valence-corrected chi connectivity index (χ1v) is 6.45. The normalized spacial score (nSPS) is 16.3. The predicted molar refractivity (Wildman–Crippen MR) is 71.8 cm³/mol. The molecule has 1 heterocycles. The second kappa shape index (κ2) is 5.19. The van der Waals surface area contributed by atoms with Gasteiger partial charge in [-0.2, -0.15) is 10.4 Å². The van der Waals surface area contributed by atoms with E-state index in [1.807, 2.05) is 32.5 Å². The molecule has 0 aliphatic rings. The van der Waals surface area contributed by atoms with E-state index in [0.29, 0.717) is 6.42 Å². The highest BCUT2D eigenvalue weighted by Gasteiger charge is 2.26. The van der Waals surface area contributed by atoms with Crippen LogP contribution in [0.3, 0.4) is 0 Å². The first kappa shape index (κ1) is 14.2. The number of nitrogens with one attached hydrogen (secondary N) is 1. The Labute approximate surface area is 111 Å². The zero-order valence-corrected chi connectivity index (χ0v) is 12.6. The molecular weight excluding hydrogens is 280 g/mol.